The van der Waals surface area contributed by atoms with Crippen LogP contribution in [0.25, 0.3) is 16.8 Å². The smallest absolute Gasteiger partial charge is 0.291 e. The average molecular weight is 470 g/mol. The molecule has 5 aromatic rings. The maximum absolute atomic E-state index is 12.7. The Morgan fingerprint density at radius 2 is 1.83 bits per heavy atom. The first-order chi connectivity index (χ1) is 16.9. The Hall–Kier alpha value is -4.66. The fourth-order valence-corrected chi connectivity index (χ4v) is 3.67. The minimum absolute atomic E-state index is 0.192. The van der Waals surface area contributed by atoms with Gasteiger partial charge in [-0.15, -0.1) is 0 Å². The topological polar surface area (TPSA) is 104 Å². The number of fused-ring (bicyclic) bond motifs is 1. The third-order valence-electron chi connectivity index (χ3n) is 5.78. The first-order valence-electron chi connectivity index (χ1n) is 10.9. The van der Waals surface area contributed by atoms with Gasteiger partial charge in [-0.25, -0.2) is 14.6 Å². The van der Waals surface area contributed by atoms with Crippen LogP contribution in [-0.4, -0.2) is 32.8 Å². The molecule has 9 heteroatoms. The summed E-state index contributed by atoms with van der Waals surface area (Å²) in [7, 11) is 1.56. The average Bonchev–Trinajstić information content (AvgIpc) is 3.42. The lowest BCUT2D eigenvalue weighted by Gasteiger charge is -2.08. The van der Waals surface area contributed by atoms with E-state index in [9.17, 15) is 4.79 Å². The summed E-state index contributed by atoms with van der Waals surface area (Å²) >= 11 is 0. The summed E-state index contributed by atoms with van der Waals surface area (Å²) in [5.41, 5.74) is 4.20. The van der Waals surface area contributed by atoms with Crippen molar-refractivity contribution in [1.29, 1.82) is 0 Å². The number of ether oxygens (including phenoxy) is 2. The zero-order valence-corrected chi connectivity index (χ0v) is 19.7. The summed E-state index contributed by atoms with van der Waals surface area (Å²) in [5, 5.41) is 8.15. The molecule has 0 spiro atoms. The van der Waals surface area contributed by atoms with Gasteiger partial charge in [0.05, 0.1) is 12.8 Å². The molecule has 9 nitrogen and oxygen atoms in total. The van der Waals surface area contributed by atoms with E-state index in [0.717, 1.165) is 22.3 Å². The van der Waals surface area contributed by atoms with Crippen LogP contribution in [0.4, 0.5) is 5.69 Å². The zero-order valence-electron chi connectivity index (χ0n) is 19.7. The van der Waals surface area contributed by atoms with Crippen molar-refractivity contribution in [2.45, 2.75) is 20.8 Å². The van der Waals surface area contributed by atoms with Crippen LogP contribution in [0.3, 0.4) is 0 Å². The highest BCUT2D eigenvalue weighted by atomic mass is 16.5. The molecule has 0 aliphatic rings. The molecule has 0 atom stereocenters. The van der Waals surface area contributed by atoms with Gasteiger partial charge in [-0.2, -0.15) is 5.10 Å². The molecule has 35 heavy (non-hydrogen) atoms. The summed E-state index contributed by atoms with van der Waals surface area (Å²) in [6, 6.07) is 15.9. The number of rotatable bonds is 6. The number of aromatic nitrogens is 4. The second-order valence-electron chi connectivity index (χ2n) is 7.99. The van der Waals surface area contributed by atoms with Gasteiger partial charge in [0, 0.05) is 22.8 Å². The lowest BCUT2D eigenvalue weighted by molar-refractivity contribution is 0.0998. The number of furan rings is 1. The standard InChI is InChI=1S/C26H23N5O4/c1-15-16(2)30-31(17(15)3)23-13-24(28-14-27-23)34-20-10-8-19(9-11-20)29-26(32)22-12-18-6-5-7-21(33-4)25(18)35-22/h5-14H,1-4H3,(H,29,32). The number of methoxy groups -OCH3 is 1. The predicted molar refractivity (Wildman–Crippen MR) is 131 cm³/mol. The van der Waals surface area contributed by atoms with E-state index in [1.165, 1.54) is 6.33 Å². The summed E-state index contributed by atoms with van der Waals surface area (Å²) in [5.74, 6) is 1.97. The number of carbonyl (C=O) groups is 1. The van der Waals surface area contributed by atoms with Crippen LogP contribution in [0, 0.1) is 20.8 Å². The number of para-hydroxylation sites is 1. The summed E-state index contributed by atoms with van der Waals surface area (Å²) in [6.45, 7) is 5.98. The molecule has 0 aliphatic heterocycles. The first kappa shape index (κ1) is 22.1. The molecule has 0 radical (unpaired) electrons. The van der Waals surface area contributed by atoms with Crippen molar-refractivity contribution in [3.63, 3.8) is 0 Å². The summed E-state index contributed by atoms with van der Waals surface area (Å²) in [6.07, 6.45) is 1.44. The molecule has 0 saturated carbocycles. The molecule has 3 aromatic heterocycles. The number of carbonyl (C=O) groups excluding carboxylic acids is 1. The normalized spacial score (nSPS) is 11.0. The molecule has 0 fully saturated rings. The predicted octanol–water partition coefficient (Wildman–Crippen LogP) is 5.39. The van der Waals surface area contributed by atoms with E-state index >= 15 is 0 Å². The number of nitrogens with zero attached hydrogens (tertiary/aromatic N) is 4. The van der Waals surface area contributed by atoms with Gasteiger partial charge in [0.25, 0.3) is 5.91 Å². The molecule has 0 aliphatic carbocycles. The Kier molecular flexibility index (Phi) is 5.66. The van der Waals surface area contributed by atoms with Crippen molar-refractivity contribution < 1.29 is 18.7 Å². The van der Waals surface area contributed by atoms with Crippen molar-refractivity contribution in [1.82, 2.24) is 19.7 Å². The molecule has 1 N–H and O–H groups in total. The highest BCUT2D eigenvalue weighted by Gasteiger charge is 2.15. The highest BCUT2D eigenvalue weighted by Crippen LogP contribution is 2.29. The van der Waals surface area contributed by atoms with Crippen molar-refractivity contribution >= 4 is 22.6 Å². The van der Waals surface area contributed by atoms with E-state index < -0.39 is 0 Å². The minimum atomic E-state index is -0.363. The number of amides is 1. The third-order valence-corrected chi connectivity index (χ3v) is 5.78. The molecular weight excluding hydrogens is 446 g/mol. The van der Waals surface area contributed by atoms with E-state index in [2.05, 4.69) is 20.4 Å². The zero-order chi connectivity index (χ0) is 24.5. The maximum Gasteiger partial charge on any atom is 0.291 e. The molecule has 0 saturated heterocycles. The third kappa shape index (κ3) is 4.31. The number of aryl methyl sites for hydroxylation is 1. The summed E-state index contributed by atoms with van der Waals surface area (Å²) < 4.78 is 18.7. The SMILES string of the molecule is COc1cccc2cc(C(=O)Nc3ccc(Oc4cc(-n5nc(C)c(C)c5C)ncn4)cc3)oc12. The van der Waals surface area contributed by atoms with Crippen molar-refractivity contribution in [2.24, 2.45) is 0 Å². The highest BCUT2D eigenvalue weighted by molar-refractivity contribution is 6.05. The monoisotopic (exact) mass is 469 g/mol. The fourth-order valence-electron chi connectivity index (χ4n) is 3.67. The quantitative estimate of drug-likeness (QED) is 0.356. The number of benzene rings is 2. The lowest BCUT2D eigenvalue weighted by Crippen LogP contribution is -2.10. The Labute approximate surface area is 201 Å². The van der Waals surface area contributed by atoms with Crippen molar-refractivity contribution in [2.75, 3.05) is 12.4 Å². The van der Waals surface area contributed by atoms with Crippen molar-refractivity contribution in [3.05, 3.63) is 83.6 Å². The Morgan fingerprint density at radius 3 is 2.54 bits per heavy atom. The Morgan fingerprint density at radius 1 is 1.03 bits per heavy atom. The van der Waals surface area contributed by atoms with Crippen LogP contribution in [-0.2, 0) is 0 Å². The van der Waals surface area contributed by atoms with Crippen LogP contribution in [0.5, 0.6) is 17.4 Å². The molecule has 0 bridgehead atoms. The minimum Gasteiger partial charge on any atom is -0.493 e. The van der Waals surface area contributed by atoms with Gasteiger partial charge in [-0.1, -0.05) is 12.1 Å². The van der Waals surface area contributed by atoms with Crippen LogP contribution < -0.4 is 14.8 Å². The number of hydrogen-bond acceptors (Lipinski definition) is 7. The molecule has 5 rings (SSSR count). The molecular formula is C26H23N5O4. The van der Waals surface area contributed by atoms with Gasteiger partial charge in [-0.05, 0) is 62.7 Å². The molecule has 2 aromatic carbocycles. The Balaban J connectivity index is 1.29. The van der Waals surface area contributed by atoms with Crippen molar-refractivity contribution in [3.8, 4) is 23.2 Å². The lowest BCUT2D eigenvalue weighted by atomic mass is 10.2. The number of anilines is 1. The van der Waals surface area contributed by atoms with Gasteiger partial charge < -0.3 is 19.2 Å². The first-order valence-corrected chi connectivity index (χ1v) is 10.9. The van der Waals surface area contributed by atoms with E-state index in [0.29, 0.717) is 34.5 Å². The number of hydrogen-bond donors (Lipinski definition) is 1. The van der Waals surface area contributed by atoms with Gasteiger partial charge in [-0.3, -0.25) is 4.79 Å². The molecule has 176 valence electrons. The van der Waals surface area contributed by atoms with Crippen LogP contribution >= 0.6 is 0 Å². The van der Waals surface area contributed by atoms with Crippen LogP contribution in [0.2, 0.25) is 0 Å². The largest absolute Gasteiger partial charge is 0.493 e. The van der Waals surface area contributed by atoms with Gasteiger partial charge in [0.15, 0.2) is 22.9 Å². The van der Waals surface area contributed by atoms with E-state index in [1.54, 1.807) is 54.3 Å². The van der Waals surface area contributed by atoms with Crippen LogP contribution in [0.1, 0.15) is 27.5 Å². The second kappa shape index (κ2) is 8.94. The Bertz CT molecular complexity index is 1540. The maximum atomic E-state index is 12.7. The van der Waals surface area contributed by atoms with E-state index in [4.69, 9.17) is 13.9 Å². The van der Waals surface area contributed by atoms with Gasteiger partial charge in [0.1, 0.15) is 12.1 Å². The van der Waals surface area contributed by atoms with Crippen LogP contribution in [0.15, 0.2) is 65.3 Å². The van der Waals surface area contributed by atoms with Gasteiger partial charge in [0.2, 0.25) is 5.88 Å². The molecule has 3 heterocycles. The molecule has 1 amide bonds. The fraction of sp³-hybridized carbons (Fsp3) is 0.154. The van der Waals surface area contributed by atoms with E-state index in [-0.39, 0.29) is 11.7 Å². The summed E-state index contributed by atoms with van der Waals surface area (Å²) in [4.78, 5) is 21.2. The number of nitrogens with one attached hydrogen (secondary N) is 1. The molecule has 0 unspecified atom stereocenters. The van der Waals surface area contributed by atoms with E-state index in [1.807, 2.05) is 32.9 Å². The van der Waals surface area contributed by atoms with Gasteiger partial charge >= 0.3 is 0 Å². The second-order valence-corrected chi connectivity index (χ2v) is 7.99.